The van der Waals surface area contributed by atoms with Crippen molar-refractivity contribution >= 4 is 5.97 Å². The first-order chi connectivity index (χ1) is 16.5. The quantitative estimate of drug-likeness (QED) is 0.250. The zero-order chi connectivity index (χ0) is 24.1. The average Bonchev–Trinajstić information content (AvgIpc) is 3.11. The molecule has 0 aromatic heterocycles. The number of esters is 1. The molecular formula is C30H34O4. The number of phenols is 2. The van der Waals surface area contributed by atoms with Gasteiger partial charge in [-0.05, 0) is 61.2 Å². The van der Waals surface area contributed by atoms with Gasteiger partial charge in [0.25, 0.3) is 0 Å². The fraction of sp³-hybridized carbons (Fsp3) is 0.367. The summed E-state index contributed by atoms with van der Waals surface area (Å²) < 4.78 is 6.26. The topological polar surface area (TPSA) is 66.8 Å². The van der Waals surface area contributed by atoms with Crippen LogP contribution in [0.25, 0.3) is 0 Å². The first-order valence-corrected chi connectivity index (χ1v) is 12.4. The molecule has 4 rings (SSSR count). The Labute approximate surface area is 202 Å². The maximum absolute atomic E-state index is 13.0. The molecule has 1 aliphatic heterocycles. The summed E-state index contributed by atoms with van der Waals surface area (Å²) >= 11 is 0. The van der Waals surface area contributed by atoms with E-state index >= 15 is 0 Å². The monoisotopic (exact) mass is 458 g/mol. The molecule has 1 unspecified atom stereocenters. The van der Waals surface area contributed by atoms with Gasteiger partial charge in [0, 0.05) is 16.7 Å². The van der Waals surface area contributed by atoms with Crippen molar-refractivity contribution in [2.75, 3.05) is 0 Å². The van der Waals surface area contributed by atoms with Gasteiger partial charge in [-0.3, -0.25) is 0 Å². The van der Waals surface area contributed by atoms with Gasteiger partial charge in [-0.15, -0.1) is 0 Å². The summed E-state index contributed by atoms with van der Waals surface area (Å²) in [6.45, 7) is 4.14. The van der Waals surface area contributed by atoms with E-state index in [0.29, 0.717) is 5.56 Å². The van der Waals surface area contributed by atoms with Crippen LogP contribution in [0.15, 0.2) is 60.7 Å². The van der Waals surface area contributed by atoms with Crippen LogP contribution >= 0.6 is 0 Å². The molecule has 2 N–H and O–H groups in total. The maximum atomic E-state index is 13.0. The summed E-state index contributed by atoms with van der Waals surface area (Å²) in [6.07, 6.45) is 9.18. The lowest BCUT2D eigenvalue weighted by molar-refractivity contribution is 0.0247. The van der Waals surface area contributed by atoms with E-state index in [1.54, 1.807) is 30.3 Å². The summed E-state index contributed by atoms with van der Waals surface area (Å²) in [4.78, 5) is 13.0. The average molecular weight is 459 g/mol. The molecule has 0 saturated carbocycles. The van der Waals surface area contributed by atoms with Crippen LogP contribution in [0.4, 0.5) is 0 Å². The number of phenolic OH excluding ortho intramolecular Hbond substituents is 2. The minimum Gasteiger partial charge on any atom is -0.508 e. The van der Waals surface area contributed by atoms with Gasteiger partial charge in [0.2, 0.25) is 0 Å². The summed E-state index contributed by atoms with van der Waals surface area (Å²) in [7, 11) is 0. The third kappa shape index (κ3) is 4.54. The summed E-state index contributed by atoms with van der Waals surface area (Å²) in [5, 5.41) is 20.4. The number of carbonyl (C=O) groups excluding carboxylic acids is 1. The summed E-state index contributed by atoms with van der Waals surface area (Å²) in [5.41, 5.74) is 3.70. The molecular weight excluding hydrogens is 424 g/mol. The van der Waals surface area contributed by atoms with Crippen molar-refractivity contribution in [2.24, 2.45) is 0 Å². The fourth-order valence-electron chi connectivity index (χ4n) is 5.21. The minimum absolute atomic E-state index is 0.169. The Kier molecular flexibility index (Phi) is 7.26. The molecule has 0 spiro atoms. The molecule has 178 valence electrons. The SMILES string of the molecule is CCCCCCCCCc1cc(O)ccc1C1(c2ccc(O)cc2C)OC(=O)c2ccccc21. The molecule has 0 radical (unpaired) electrons. The van der Waals surface area contributed by atoms with Crippen molar-refractivity contribution in [3.63, 3.8) is 0 Å². The van der Waals surface area contributed by atoms with Crippen molar-refractivity contribution < 1.29 is 19.7 Å². The number of hydrogen-bond donors (Lipinski definition) is 2. The molecule has 0 saturated heterocycles. The van der Waals surface area contributed by atoms with Gasteiger partial charge in [-0.25, -0.2) is 4.79 Å². The van der Waals surface area contributed by atoms with Gasteiger partial charge >= 0.3 is 5.97 Å². The summed E-state index contributed by atoms with van der Waals surface area (Å²) in [5.74, 6) is 0.0120. The van der Waals surface area contributed by atoms with Crippen molar-refractivity contribution in [3.05, 3.63) is 94.0 Å². The number of aromatic hydroxyl groups is 2. The molecule has 1 aliphatic rings. The van der Waals surface area contributed by atoms with Crippen LogP contribution in [0.3, 0.4) is 0 Å². The number of benzene rings is 3. The van der Waals surface area contributed by atoms with E-state index in [1.165, 1.54) is 32.1 Å². The van der Waals surface area contributed by atoms with Crippen LogP contribution in [0.2, 0.25) is 0 Å². The second-order valence-electron chi connectivity index (χ2n) is 9.33. The standard InChI is InChI=1S/C30H34O4/c1-3-4-5-6-7-8-9-12-22-20-24(32)16-18-27(22)30(26-17-15-23(31)19-21(26)2)28-14-11-10-13-25(28)29(33)34-30/h10-11,13-20,31-32H,3-9,12H2,1-2H3. The normalized spacial score (nSPS) is 16.9. The molecule has 4 nitrogen and oxygen atoms in total. The van der Waals surface area contributed by atoms with Crippen LogP contribution < -0.4 is 0 Å². The van der Waals surface area contributed by atoms with E-state index in [4.69, 9.17) is 4.74 Å². The van der Waals surface area contributed by atoms with E-state index in [1.807, 2.05) is 37.3 Å². The van der Waals surface area contributed by atoms with Gasteiger partial charge in [-0.2, -0.15) is 0 Å². The van der Waals surface area contributed by atoms with E-state index in [2.05, 4.69) is 6.92 Å². The van der Waals surface area contributed by atoms with Crippen LogP contribution in [0.5, 0.6) is 11.5 Å². The number of rotatable bonds is 10. The van der Waals surface area contributed by atoms with Crippen LogP contribution in [0, 0.1) is 6.92 Å². The Bertz CT molecular complexity index is 1170. The maximum Gasteiger partial charge on any atom is 0.340 e. The van der Waals surface area contributed by atoms with E-state index in [-0.39, 0.29) is 17.5 Å². The third-order valence-corrected chi connectivity index (χ3v) is 6.88. The predicted octanol–water partition coefficient (Wildman–Crippen LogP) is 7.16. The van der Waals surface area contributed by atoms with Gasteiger partial charge < -0.3 is 14.9 Å². The highest BCUT2D eigenvalue weighted by Gasteiger charge is 2.50. The van der Waals surface area contributed by atoms with Gasteiger partial charge in [-0.1, -0.05) is 75.8 Å². The Balaban J connectivity index is 1.76. The molecule has 34 heavy (non-hydrogen) atoms. The van der Waals surface area contributed by atoms with Gasteiger partial charge in [0.05, 0.1) is 5.56 Å². The molecule has 3 aromatic rings. The lowest BCUT2D eigenvalue weighted by Crippen LogP contribution is -2.31. The highest BCUT2D eigenvalue weighted by molar-refractivity contribution is 5.96. The zero-order valence-electron chi connectivity index (χ0n) is 20.1. The van der Waals surface area contributed by atoms with Crippen molar-refractivity contribution in [1.29, 1.82) is 0 Å². The van der Waals surface area contributed by atoms with Crippen molar-refractivity contribution in [2.45, 2.75) is 70.8 Å². The van der Waals surface area contributed by atoms with Gasteiger partial charge in [0.1, 0.15) is 11.5 Å². The Morgan fingerprint density at radius 2 is 1.41 bits per heavy atom. The van der Waals surface area contributed by atoms with E-state index in [0.717, 1.165) is 47.1 Å². The van der Waals surface area contributed by atoms with Crippen LogP contribution in [-0.4, -0.2) is 16.2 Å². The number of carbonyl (C=O) groups is 1. The molecule has 4 heteroatoms. The highest BCUT2D eigenvalue weighted by Crippen LogP contribution is 2.49. The van der Waals surface area contributed by atoms with E-state index in [9.17, 15) is 15.0 Å². The second kappa shape index (κ2) is 10.3. The molecule has 0 amide bonds. The second-order valence-corrected chi connectivity index (χ2v) is 9.33. The van der Waals surface area contributed by atoms with Gasteiger partial charge in [0.15, 0.2) is 5.60 Å². The van der Waals surface area contributed by atoms with Crippen LogP contribution in [0.1, 0.15) is 90.0 Å². The zero-order valence-corrected chi connectivity index (χ0v) is 20.1. The minimum atomic E-state index is -1.13. The predicted molar refractivity (Wildman–Crippen MR) is 134 cm³/mol. The number of cyclic esters (lactones) is 1. The fourth-order valence-corrected chi connectivity index (χ4v) is 5.21. The number of fused-ring (bicyclic) bond motifs is 1. The first-order valence-electron chi connectivity index (χ1n) is 12.4. The molecule has 3 aromatic carbocycles. The number of hydrogen-bond acceptors (Lipinski definition) is 4. The lowest BCUT2D eigenvalue weighted by atomic mass is 9.75. The smallest absolute Gasteiger partial charge is 0.340 e. The molecule has 0 aliphatic carbocycles. The Morgan fingerprint density at radius 1 is 0.765 bits per heavy atom. The Morgan fingerprint density at radius 3 is 2.15 bits per heavy atom. The molecule has 1 atom stereocenters. The highest BCUT2D eigenvalue weighted by atomic mass is 16.6. The van der Waals surface area contributed by atoms with Crippen molar-refractivity contribution in [1.82, 2.24) is 0 Å². The number of aryl methyl sites for hydroxylation is 2. The summed E-state index contributed by atoms with van der Waals surface area (Å²) in [6, 6.07) is 18.0. The third-order valence-electron chi connectivity index (χ3n) is 6.88. The van der Waals surface area contributed by atoms with Crippen molar-refractivity contribution in [3.8, 4) is 11.5 Å². The molecule has 0 bridgehead atoms. The number of unbranched alkanes of at least 4 members (excludes halogenated alkanes) is 6. The van der Waals surface area contributed by atoms with E-state index < -0.39 is 5.60 Å². The lowest BCUT2D eigenvalue weighted by Gasteiger charge is -2.33. The Hall–Kier alpha value is -3.27. The largest absolute Gasteiger partial charge is 0.508 e. The molecule has 0 fully saturated rings. The molecule has 1 heterocycles. The first kappa shape index (κ1) is 23.9. The number of ether oxygens (including phenoxy) is 1. The van der Waals surface area contributed by atoms with Crippen LogP contribution in [-0.2, 0) is 16.8 Å².